The molecule has 2 aromatic heterocycles. The molecule has 2 rings (SSSR count). The number of thiophene rings is 1. The highest BCUT2D eigenvalue weighted by Gasteiger charge is 2.27. The second-order valence-electron chi connectivity index (χ2n) is 4.59. The van der Waals surface area contributed by atoms with E-state index in [-0.39, 0.29) is 10.4 Å². The zero-order valence-corrected chi connectivity index (χ0v) is 15.3. The first-order valence-corrected chi connectivity index (χ1v) is 9.31. The van der Waals surface area contributed by atoms with E-state index in [4.69, 9.17) is 0 Å². The maximum absolute atomic E-state index is 12.4. The standard InChI is InChI=1S/C13H12BrN3O4S2/c1-17(2)13(19)8-4-3-7-15-12(8)23(20,21)16-11(18)9-5-6-10(14)22-9/h3-7H,1-2H3,(H,16,18). The molecule has 122 valence electrons. The van der Waals surface area contributed by atoms with E-state index in [1.165, 1.54) is 43.4 Å². The number of sulfonamides is 1. The van der Waals surface area contributed by atoms with Crippen LogP contribution in [-0.2, 0) is 10.0 Å². The van der Waals surface area contributed by atoms with Crippen LogP contribution in [0, 0.1) is 0 Å². The number of nitrogens with zero attached hydrogens (tertiary/aromatic N) is 2. The molecule has 2 aromatic rings. The van der Waals surface area contributed by atoms with Gasteiger partial charge in [0.2, 0.25) is 0 Å². The summed E-state index contributed by atoms with van der Waals surface area (Å²) in [5, 5.41) is -0.484. The lowest BCUT2D eigenvalue weighted by Gasteiger charge is -2.13. The van der Waals surface area contributed by atoms with Gasteiger partial charge in [0.25, 0.3) is 21.8 Å². The Kier molecular flexibility index (Phi) is 5.17. The molecule has 0 bridgehead atoms. The number of hydrogen-bond donors (Lipinski definition) is 1. The fourth-order valence-corrected chi connectivity index (χ4v) is 4.11. The number of hydrogen-bond acceptors (Lipinski definition) is 6. The van der Waals surface area contributed by atoms with Crippen molar-refractivity contribution in [3.05, 3.63) is 44.7 Å². The van der Waals surface area contributed by atoms with E-state index in [0.29, 0.717) is 3.79 Å². The molecular weight excluding hydrogens is 406 g/mol. The van der Waals surface area contributed by atoms with Gasteiger partial charge in [-0.1, -0.05) is 0 Å². The first kappa shape index (κ1) is 17.6. The highest BCUT2D eigenvalue weighted by Crippen LogP contribution is 2.22. The van der Waals surface area contributed by atoms with Crippen LogP contribution in [0.15, 0.2) is 39.3 Å². The van der Waals surface area contributed by atoms with Crippen LogP contribution in [0.5, 0.6) is 0 Å². The van der Waals surface area contributed by atoms with Crippen LogP contribution in [0.2, 0.25) is 0 Å². The second-order valence-corrected chi connectivity index (χ2v) is 8.65. The molecule has 0 aliphatic rings. The van der Waals surface area contributed by atoms with Crippen LogP contribution in [0.25, 0.3) is 0 Å². The zero-order chi connectivity index (χ0) is 17.2. The monoisotopic (exact) mass is 417 g/mol. The van der Waals surface area contributed by atoms with Crippen LogP contribution < -0.4 is 4.72 Å². The van der Waals surface area contributed by atoms with Gasteiger partial charge in [0, 0.05) is 20.3 Å². The van der Waals surface area contributed by atoms with Crippen molar-refractivity contribution in [1.82, 2.24) is 14.6 Å². The van der Waals surface area contributed by atoms with Crippen molar-refractivity contribution in [3.8, 4) is 0 Å². The summed E-state index contributed by atoms with van der Waals surface area (Å²) in [6.07, 6.45) is 1.24. The molecule has 0 spiro atoms. The lowest BCUT2D eigenvalue weighted by atomic mass is 10.2. The summed E-state index contributed by atoms with van der Waals surface area (Å²) in [5.74, 6) is -1.31. The topological polar surface area (TPSA) is 96.4 Å². The number of rotatable bonds is 4. The minimum atomic E-state index is -4.27. The Labute approximate surface area is 145 Å². The van der Waals surface area contributed by atoms with Gasteiger partial charge in [-0.25, -0.2) is 9.71 Å². The number of amides is 2. The lowest BCUT2D eigenvalue weighted by molar-refractivity contribution is 0.0822. The van der Waals surface area contributed by atoms with Gasteiger partial charge in [0.15, 0.2) is 5.03 Å². The molecule has 0 aromatic carbocycles. The summed E-state index contributed by atoms with van der Waals surface area (Å²) in [7, 11) is -1.29. The van der Waals surface area contributed by atoms with Gasteiger partial charge >= 0.3 is 0 Å². The average molecular weight is 418 g/mol. The van der Waals surface area contributed by atoms with Crippen molar-refractivity contribution < 1.29 is 18.0 Å². The molecule has 2 amide bonds. The molecule has 0 aliphatic heterocycles. The summed E-state index contributed by atoms with van der Waals surface area (Å²) >= 11 is 4.29. The summed E-state index contributed by atoms with van der Waals surface area (Å²) in [4.78, 5) is 29.3. The molecule has 0 unspecified atom stereocenters. The number of aromatic nitrogens is 1. The van der Waals surface area contributed by atoms with Gasteiger partial charge in [-0.3, -0.25) is 9.59 Å². The fourth-order valence-electron chi connectivity index (χ4n) is 1.67. The Morgan fingerprint density at radius 1 is 1.26 bits per heavy atom. The van der Waals surface area contributed by atoms with Crippen molar-refractivity contribution in [1.29, 1.82) is 0 Å². The van der Waals surface area contributed by atoms with E-state index in [0.717, 1.165) is 11.3 Å². The third kappa shape index (κ3) is 3.95. The second kappa shape index (κ2) is 6.77. The zero-order valence-electron chi connectivity index (χ0n) is 12.1. The Morgan fingerprint density at radius 2 is 1.96 bits per heavy atom. The summed E-state index contributed by atoms with van der Waals surface area (Å²) in [6, 6.07) is 5.92. The Morgan fingerprint density at radius 3 is 2.52 bits per heavy atom. The number of carbonyl (C=O) groups excluding carboxylic acids is 2. The number of nitrogens with one attached hydrogen (secondary N) is 1. The third-order valence-electron chi connectivity index (χ3n) is 2.69. The number of halogens is 1. The van der Waals surface area contributed by atoms with E-state index in [1.807, 2.05) is 4.72 Å². The molecule has 2 heterocycles. The summed E-state index contributed by atoms with van der Waals surface area (Å²) < 4.78 is 27.4. The first-order chi connectivity index (χ1) is 10.7. The normalized spacial score (nSPS) is 11.1. The number of pyridine rings is 1. The molecule has 0 atom stereocenters. The fraction of sp³-hybridized carbons (Fsp3) is 0.154. The SMILES string of the molecule is CN(C)C(=O)c1cccnc1S(=O)(=O)NC(=O)c1ccc(Br)s1. The van der Waals surface area contributed by atoms with Crippen LogP contribution in [0.4, 0.5) is 0 Å². The van der Waals surface area contributed by atoms with E-state index >= 15 is 0 Å². The van der Waals surface area contributed by atoms with Gasteiger partial charge in [0.1, 0.15) is 0 Å². The minimum Gasteiger partial charge on any atom is -0.345 e. The van der Waals surface area contributed by atoms with Crippen LogP contribution in [0.1, 0.15) is 20.0 Å². The lowest BCUT2D eigenvalue weighted by Crippen LogP contribution is -2.33. The van der Waals surface area contributed by atoms with Crippen LogP contribution in [-0.4, -0.2) is 44.2 Å². The quantitative estimate of drug-likeness (QED) is 0.816. The van der Waals surface area contributed by atoms with Gasteiger partial charge in [0.05, 0.1) is 14.2 Å². The highest BCUT2D eigenvalue weighted by molar-refractivity contribution is 9.11. The average Bonchev–Trinajstić information content (AvgIpc) is 2.92. The van der Waals surface area contributed by atoms with E-state index < -0.39 is 26.9 Å². The minimum absolute atomic E-state index is 0.106. The molecule has 1 N–H and O–H groups in total. The van der Waals surface area contributed by atoms with Gasteiger partial charge < -0.3 is 4.90 Å². The van der Waals surface area contributed by atoms with Gasteiger partial charge in [-0.05, 0) is 40.2 Å². The molecule has 7 nitrogen and oxygen atoms in total. The molecule has 0 radical (unpaired) electrons. The Bertz CT molecular complexity index is 862. The third-order valence-corrected chi connectivity index (χ3v) is 5.60. The van der Waals surface area contributed by atoms with Gasteiger partial charge in [-0.15, -0.1) is 11.3 Å². The maximum atomic E-state index is 12.4. The van der Waals surface area contributed by atoms with Crippen molar-refractivity contribution in [2.75, 3.05) is 14.1 Å². The molecular formula is C13H12BrN3O4S2. The smallest absolute Gasteiger partial charge is 0.282 e. The molecule has 23 heavy (non-hydrogen) atoms. The molecule has 0 saturated heterocycles. The predicted molar refractivity (Wildman–Crippen MR) is 88.9 cm³/mol. The molecule has 0 fully saturated rings. The summed E-state index contributed by atoms with van der Waals surface area (Å²) in [6.45, 7) is 0. The largest absolute Gasteiger partial charge is 0.345 e. The maximum Gasteiger partial charge on any atom is 0.282 e. The van der Waals surface area contributed by atoms with E-state index in [1.54, 1.807) is 6.07 Å². The van der Waals surface area contributed by atoms with Crippen molar-refractivity contribution >= 4 is 49.1 Å². The molecule has 0 saturated carbocycles. The van der Waals surface area contributed by atoms with Gasteiger partial charge in [-0.2, -0.15) is 8.42 Å². The van der Waals surface area contributed by atoms with E-state index in [9.17, 15) is 18.0 Å². The van der Waals surface area contributed by atoms with Crippen molar-refractivity contribution in [3.63, 3.8) is 0 Å². The van der Waals surface area contributed by atoms with Crippen molar-refractivity contribution in [2.45, 2.75) is 5.03 Å². The highest BCUT2D eigenvalue weighted by atomic mass is 79.9. The Hall–Kier alpha value is -1.78. The van der Waals surface area contributed by atoms with E-state index in [2.05, 4.69) is 20.9 Å². The Balaban J connectivity index is 2.37. The van der Waals surface area contributed by atoms with Crippen LogP contribution in [0.3, 0.4) is 0 Å². The van der Waals surface area contributed by atoms with Crippen LogP contribution >= 0.6 is 27.3 Å². The summed E-state index contributed by atoms with van der Waals surface area (Å²) in [5.41, 5.74) is -0.106. The number of carbonyl (C=O) groups is 2. The van der Waals surface area contributed by atoms with Crippen molar-refractivity contribution in [2.24, 2.45) is 0 Å². The predicted octanol–water partition coefficient (Wildman–Crippen LogP) is 1.73. The first-order valence-electron chi connectivity index (χ1n) is 6.21. The molecule has 0 aliphatic carbocycles. The molecule has 10 heteroatoms.